The second-order valence-corrected chi connectivity index (χ2v) is 12.7. The van der Waals surface area contributed by atoms with Crippen molar-refractivity contribution in [2.45, 2.75) is 133 Å². The largest absolute Gasteiger partial charge is 0.396 e. The number of hydrogen-bond acceptors (Lipinski definition) is 15. The second-order valence-electron chi connectivity index (χ2n) is 12.7. The average Bonchev–Trinajstić information content (AvgIpc) is 3.03. The molecule has 0 aromatic heterocycles. The van der Waals surface area contributed by atoms with E-state index in [0.29, 0.717) is 19.4 Å². The van der Waals surface area contributed by atoms with Crippen molar-refractivity contribution in [3.05, 3.63) is 0 Å². The summed E-state index contributed by atoms with van der Waals surface area (Å²) >= 11 is 0. The molecule has 268 valence electrons. The number of aliphatic hydroxyl groups excluding tert-OH is 8. The molecule has 2 heterocycles. The Morgan fingerprint density at radius 3 is 2.15 bits per heavy atom. The molecule has 46 heavy (non-hydrogen) atoms. The van der Waals surface area contributed by atoms with Gasteiger partial charge in [-0.25, -0.2) is 0 Å². The fourth-order valence-corrected chi connectivity index (χ4v) is 6.05. The van der Waals surface area contributed by atoms with E-state index in [9.17, 15) is 50.4 Å². The number of carbonyl (C=O) groups is 2. The lowest BCUT2D eigenvalue weighted by atomic mass is 9.80. The van der Waals surface area contributed by atoms with E-state index >= 15 is 0 Å². The van der Waals surface area contributed by atoms with Crippen LogP contribution in [0.1, 0.15) is 53.4 Å². The summed E-state index contributed by atoms with van der Waals surface area (Å²) in [6.07, 6.45) is -17.3. The summed E-state index contributed by atoms with van der Waals surface area (Å²) in [6.45, 7) is 5.68. The Morgan fingerprint density at radius 2 is 1.54 bits per heavy atom. The molecule has 0 bridgehead atoms. The van der Waals surface area contributed by atoms with Crippen LogP contribution in [0.15, 0.2) is 0 Å². The highest BCUT2D eigenvalue weighted by Gasteiger charge is 2.53. The maximum absolute atomic E-state index is 12.1. The lowest BCUT2D eigenvalue weighted by Crippen LogP contribution is -2.64. The van der Waals surface area contributed by atoms with Gasteiger partial charge in [0.15, 0.2) is 12.6 Å². The van der Waals surface area contributed by atoms with Gasteiger partial charge in [0.2, 0.25) is 5.91 Å². The van der Waals surface area contributed by atoms with E-state index in [-0.39, 0.29) is 37.1 Å². The SMILES string of the molecule is CCC(C)C(=O)NCCCO[C@H]1CC(CO)[C@@H](O)C(O[C@H]2OC(CO)[C@@H](O)C(O)[C@@H]2CC(C)=O)[C@@H]1O[C@H]1OC(C)[C@@H](O)C(O)C1O. The molecule has 3 rings (SSSR count). The summed E-state index contributed by atoms with van der Waals surface area (Å²) in [5.41, 5.74) is 0. The molecule has 0 radical (unpaired) electrons. The van der Waals surface area contributed by atoms with E-state index in [0.717, 1.165) is 0 Å². The summed E-state index contributed by atoms with van der Waals surface area (Å²) in [6, 6.07) is 0. The molecule has 1 saturated carbocycles. The number of aliphatic hydroxyl groups is 8. The molecular weight excluding hydrogens is 614 g/mol. The second kappa shape index (κ2) is 17.9. The van der Waals surface area contributed by atoms with E-state index in [4.69, 9.17) is 23.7 Å². The van der Waals surface area contributed by atoms with Crippen molar-refractivity contribution >= 4 is 11.7 Å². The average molecular weight is 668 g/mol. The predicted octanol–water partition coefficient (Wildman–Crippen LogP) is -3.07. The lowest BCUT2D eigenvalue weighted by molar-refractivity contribution is -0.356. The Hall–Kier alpha value is -1.38. The Morgan fingerprint density at radius 1 is 0.870 bits per heavy atom. The van der Waals surface area contributed by atoms with Gasteiger partial charge in [0.25, 0.3) is 0 Å². The summed E-state index contributed by atoms with van der Waals surface area (Å²) in [4.78, 5) is 24.2. The number of ether oxygens (including phenoxy) is 5. The first-order valence-corrected chi connectivity index (χ1v) is 16.1. The van der Waals surface area contributed by atoms with Crippen LogP contribution in [0.25, 0.3) is 0 Å². The highest BCUT2D eigenvalue weighted by molar-refractivity contribution is 5.78. The van der Waals surface area contributed by atoms with Gasteiger partial charge in [0, 0.05) is 43.9 Å². The van der Waals surface area contributed by atoms with Crippen LogP contribution in [0.2, 0.25) is 0 Å². The van der Waals surface area contributed by atoms with E-state index in [2.05, 4.69) is 5.32 Å². The standard InChI is InChI=1S/C30H53NO15/c1-5-13(2)28(41)31-7-6-8-42-18-10-16(11-32)21(36)27(26(18)45-30-25(40)24(39)20(35)15(4)43-30)46-29-17(9-14(3)34)22(37)23(38)19(12-33)44-29/h13,15-27,29-30,32-33,35-40H,5-12H2,1-4H3,(H,31,41)/t13?,15?,16?,17-,18-,19?,20+,21+,22?,23+,24?,25?,26+,27?,29+,30+/m0/s1. The van der Waals surface area contributed by atoms with Crippen molar-refractivity contribution in [3.8, 4) is 0 Å². The molecule has 3 fully saturated rings. The van der Waals surface area contributed by atoms with Crippen molar-refractivity contribution in [1.82, 2.24) is 5.32 Å². The molecule has 3 aliphatic rings. The van der Waals surface area contributed by atoms with Gasteiger partial charge in [0.05, 0.1) is 31.0 Å². The molecular formula is C30H53NO15. The first kappa shape index (κ1) is 39.1. The quantitative estimate of drug-likeness (QED) is 0.0786. The zero-order valence-electron chi connectivity index (χ0n) is 26.8. The van der Waals surface area contributed by atoms with Crippen LogP contribution < -0.4 is 5.32 Å². The molecule has 2 saturated heterocycles. The monoisotopic (exact) mass is 667 g/mol. The number of nitrogens with one attached hydrogen (secondary N) is 1. The minimum atomic E-state index is -1.72. The van der Waals surface area contributed by atoms with E-state index in [1.807, 2.05) is 13.8 Å². The number of ketones is 1. The smallest absolute Gasteiger partial charge is 0.222 e. The van der Waals surface area contributed by atoms with Gasteiger partial charge in [-0.1, -0.05) is 13.8 Å². The maximum atomic E-state index is 12.1. The number of amides is 1. The zero-order valence-corrected chi connectivity index (χ0v) is 26.8. The van der Waals surface area contributed by atoms with Crippen molar-refractivity contribution in [2.75, 3.05) is 26.4 Å². The lowest BCUT2D eigenvalue weighted by Gasteiger charge is -2.49. The van der Waals surface area contributed by atoms with Gasteiger partial charge in [-0.15, -0.1) is 0 Å². The molecule has 1 aliphatic carbocycles. The first-order valence-electron chi connectivity index (χ1n) is 16.1. The Balaban J connectivity index is 1.89. The third-order valence-electron chi connectivity index (χ3n) is 9.21. The summed E-state index contributed by atoms with van der Waals surface area (Å²) in [5, 5.41) is 86.8. The van der Waals surface area contributed by atoms with Crippen molar-refractivity contribution in [3.63, 3.8) is 0 Å². The van der Waals surface area contributed by atoms with E-state index < -0.39 is 105 Å². The molecule has 0 aromatic rings. The highest BCUT2D eigenvalue weighted by Crippen LogP contribution is 2.38. The number of rotatable bonds is 15. The van der Waals surface area contributed by atoms with Crippen LogP contribution in [0.4, 0.5) is 0 Å². The molecule has 16 nitrogen and oxygen atoms in total. The van der Waals surface area contributed by atoms with Crippen LogP contribution >= 0.6 is 0 Å². The Labute approximate surface area is 268 Å². The highest BCUT2D eigenvalue weighted by atomic mass is 16.7. The van der Waals surface area contributed by atoms with E-state index in [1.54, 1.807) is 0 Å². The Kier molecular flexibility index (Phi) is 15.2. The predicted molar refractivity (Wildman–Crippen MR) is 157 cm³/mol. The fraction of sp³-hybridized carbons (Fsp3) is 0.933. The molecule has 1 amide bonds. The number of carbonyl (C=O) groups excluding carboxylic acids is 2. The normalized spacial score (nSPS) is 42.4. The van der Waals surface area contributed by atoms with Gasteiger partial charge < -0.3 is 74.6 Å². The van der Waals surface area contributed by atoms with Crippen LogP contribution in [0.5, 0.6) is 0 Å². The minimum absolute atomic E-state index is 0.0496. The summed E-state index contributed by atoms with van der Waals surface area (Å²) in [7, 11) is 0. The van der Waals surface area contributed by atoms with Crippen molar-refractivity contribution in [1.29, 1.82) is 0 Å². The van der Waals surface area contributed by atoms with Gasteiger partial charge in [-0.3, -0.25) is 4.79 Å². The number of Topliss-reactive ketones (excluding diaryl/α,β-unsaturated/α-hetero) is 1. The third-order valence-corrected chi connectivity index (χ3v) is 9.21. The molecule has 9 N–H and O–H groups in total. The van der Waals surface area contributed by atoms with Gasteiger partial charge in [-0.05, 0) is 33.1 Å². The van der Waals surface area contributed by atoms with Crippen LogP contribution in [0.3, 0.4) is 0 Å². The van der Waals surface area contributed by atoms with Gasteiger partial charge >= 0.3 is 0 Å². The molecule has 8 unspecified atom stereocenters. The van der Waals surface area contributed by atoms with Crippen LogP contribution in [-0.4, -0.2) is 159 Å². The van der Waals surface area contributed by atoms with Crippen molar-refractivity contribution < 1.29 is 74.1 Å². The van der Waals surface area contributed by atoms with Crippen LogP contribution in [-0.2, 0) is 33.3 Å². The minimum Gasteiger partial charge on any atom is -0.396 e. The zero-order chi connectivity index (χ0) is 34.3. The topological polar surface area (TPSA) is 254 Å². The van der Waals surface area contributed by atoms with Crippen LogP contribution in [0, 0.1) is 17.8 Å². The summed E-state index contributed by atoms with van der Waals surface area (Å²) in [5.74, 6) is -2.55. The molecule has 0 spiro atoms. The molecule has 0 aromatic carbocycles. The van der Waals surface area contributed by atoms with Gasteiger partial charge in [0.1, 0.15) is 48.5 Å². The molecule has 16 heteroatoms. The fourth-order valence-electron chi connectivity index (χ4n) is 6.05. The van der Waals surface area contributed by atoms with E-state index in [1.165, 1.54) is 13.8 Å². The van der Waals surface area contributed by atoms with Gasteiger partial charge in [-0.2, -0.15) is 0 Å². The molecule has 16 atom stereocenters. The third kappa shape index (κ3) is 9.40. The van der Waals surface area contributed by atoms with Crippen molar-refractivity contribution in [2.24, 2.45) is 17.8 Å². The summed E-state index contributed by atoms with van der Waals surface area (Å²) < 4.78 is 29.9. The Bertz CT molecular complexity index is 959. The molecule has 2 aliphatic heterocycles. The first-order chi connectivity index (χ1) is 21.7. The maximum Gasteiger partial charge on any atom is 0.222 e. The number of hydrogen-bond donors (Lipinski definition) is 9.